The van der Waals surface area contributed by atoms with Gasteiger partial charge in [0.2, 0.25) is 0 Å². The summed E-state index contributed by atoms with van der Waals surface area (Å²) < 4.78 is 6.14. The molecule has 0 spiro atoms. The normalized spacial score (nSPS) is 17.4. The Bertz CT molecular complexity index is 995. The fourth-order valence-electron chi connectivity index (χ4n) is 4.29. The molecule has 2 aromatic carbocycles. The number of nitrogens with one attached hydrogen (secondary N) is 2. The van der Waals surface area contributed by atoms with Crippen molar-refractivity contribution in [2.45, 2.75) is 39.3 Å². The molecule has 2 N–H and O–H groups in total. The molecule has 3 aromatic rings. The summed E-state index contributed by atoms with van der Waals surface area (Å²) in [7, 11) is 0. The Morgan fingerprint density at radius 1 is 1.20 bits per heavy atom. The third-order valence-electron chi connectivity index (χ3n) is 5.71. The highest BCUT2D eigenvalue weighted by atomic mass is 16.5. The van der Waals surface area contributed by atoms with Crippen LogP contribution in [-0.4, -0.2) is 41.5 Å². The van der Waals surface area contributed by atoms with Crippen LogP contribution in [0.25, 0.3) is 10.9 Å². The molecular formula is C25H31N3O2. The first-order valence-electron chi connectivity index (χ1n) is 10.9. The molecule has 0 bridgehead atoms. The number of ether oxygens (including phenoxy) is 1. The van der Waals surface area contributed by atoms with Crippen molar-refractivity contribution in [1.29, 1.82) is 0 Å². The smallest absolute Gasteiger partial charge is 0.255 e. The van der Waals surface area contributed by atoms with Crippen molar-refractivity contribution < 1.29 is 9.53 Å². The van der Waals surface area contributed by atoms with Gasteiger partial charge in [0.25, 0.3) is 5.91 Å². The molecule has 1 amide bonds. The molecule has 0 aliphatic carbocycles. The lowest BCUT2D eigenvalue weighted by Gasteiger charge is -2.33. The van der Waals surface area contributed by atoms with Crippen molar-refractivity contribution in [2.75, 3.05) is 19.7 Å². The molecule has 0 saturated carbocycles. The molecule has 1 aliphatic heterocycles. The molecule has 5 heteroatoms. The Labute approximate surface area is 178 Å². The summed E-state index contributed by atoms with van der Waals surface area (Å²) in [6.45, 7) is 7.65. The lowest BCUT2D eigenvalue weighted by atomic mass is 9.98. The van der Waals surface area contributed by atoms with E-state index in [1.165, 1.54) is 22.9 Å². The number of rotatable bonds is 7. The van der Waals surface area contributed by atoms with Crippen LogP contribution in [0.2, 0.25) is 0 Å². The number of fused-ring (bicyclic) bond motifs is 1. The Morgan fingerprint density at radius 3 is 2.93 bits per heavy atom. The first kappa shape index (κ1) is 20.5. The third-order valence-corrected chi connectivity index (χ3v) is 5.71. The number of nitrogens with zero attached hydrogens (tertiary/aromatic N) is 1. The topological polar surface area (TPSA) is 57.4 Å². The Kier molecular flexibility index (Phi) is 6.38. The van der Waals surface area contributed by atoms with E-state index < -0.39 is 0 Å². The summed E-state index contributed by atoms with van der Waals surface area (Å²) in [5.74, 6) is 1.06. The van der Waals surface area contributed by atoms with Gasteiger partial charge < -0.3 is 15.0 Å². The average Bonchev–Trinajstić information content (AvgIpc) is 3.22. The molecule has 1 fully saturated rings. The van der Waals surface area contributed by atoms with Gasteiger partial charge in [-0.05, 0) is 63.1 Å². The van der Waals surface area contributed by atoms with E-state index in [-0.39, 0.29) is 11.9 Å². The van der Waals surface area contributed by atoms with Crippen LogP contribution >= 0.6 is 0 Å². The van der Waals surface area contributed by atoms with Crippen LogP contribution in [0.3, 0.4) is 0 Å². The van der Waals surface area contributed by atoms with Gasteiger partial charge in [-0.15, -0.1) is 0 Å². The molecule has 1 atom stereocenters. The van der Waals surface area contributed by atoms with Crippen LogP contribution in [0, 0.1) is 5.92 Å². The predicted molar refractivity (Wildman–Crippen MR) is 121 cm³/mol. The molecule has 30 heavy (non-hydrogen) atoms. The number of hydrogen-bond donors (Lipinski definition) is 2. The van der Waals surface area contributed by atoms with E-state index in [2.05, 4.69) is 39.5 Å². The van der Waals surface area contributed by atoms with Gasteiger partial charge in [0.15, 0.2) is 0 Å². The summed E-state index contributed by atoms with van der Waals surface area (Å²) in [5.41, 5.74) is 3.17. The zero-order chi connectivity index (χ0) is 20.9. The number of para-hydroxylation sites is 1. The fraction of sp³-hybridized carbons (Fsp3) is 0.400. The molecule has 1 unspecified atom stereocenters. The number of carbonyl (C=O) groups is 1. The number of H-pyrrole nitrogens is 1. The quantitative estimate of drug-likeness (QED) is 0.604. The summed E-state index contributed by atoms with van der Waals surface area (Å²) in [4.78, 5) is 18.3. The van der Waals surface area contributed by atoms with Gasteiger partial charge in [-0.3, -0.25) is 9.69 Å². The third kappa shape index (κ3) is 4.85. The van der Waals surface area contributed by atoms with Gasteiger partial charge in [0, 0.05) is 42.1 Å². The number of aromatic amines is 1. The Morgan fingerprint density at radius 2 is 2.07 bits per heavy atom. The lowest BCUT2D eigenvalue weighted by Crippen LogP contribution is -2.37. The van der Waals surface area contributed by atoms with E-state index in [0.29, 0.717) is 23.8 Å². The molecule has 2 heterocycles. The highest BCUT2D eigenvalue weighted by Gasteiger charge is 2.22. The van der Waals surface area contributed by atoms with Crippen LogP contribution in [-0.2, 0) is 6.54 Å². The molecule has 158 valence electrons. The van der Waals surface area contributed by atoms with Gasteiger partial charge in [-0.2, -0.15) is 0 Å². The zero-order valence-corrected chi connectivity index (χ0v) is 17.9. The van der Waals surface area contributed by atoms with E-state index >= 15 is 0 Å². The maximum atomic E-state index is 12.5. The predicted octanol–water partition coefficient (Wildman–Crippen LogP) is 4.60. The highest BCUT2D eigenvalue weighted by Crippen LogP contribution is 2.25. The molecule has 5 nitrogen and oxygen atoms in total. The van der Waals surface area contributed by atoms with Crippen LogP contribution in [0.1, 0.15) is 42.6 Å². The molecule has 1 aliphatic rings. The van der Waals surface area contributed by atoms with Crippen LogP contribution in [0.4, 0.5) is 0 Å². The second-order valence-corrected chi connectivity index (χ2v) is 8.53. The first-order valence-corrected chi connectivity index (χ1v) is 10.9. The van der Waals surface area contributed by atoms with Crippen molar-refractivity contribution in [3.8, 4) is 5.75 Å². The first-order chi connectivity index (χ1) is 14.6. The SMILES string of the molecule is CC(C)NC(=O)c1ccccc1OCC1CCCN(Cc2cccc3[nH]ccc23)C1. The van der Waals surface area contributed by atoms with E-state index in [1.807, 2.05) is 44.3 Å². The highest BCUT2D eigenvalue weighted by molar-refractivity contribution is 5.97. The molecule has 0 radical (unpaired) electrons. The number of piperidine rings is 1. The average molecular weight is 406 g/mol. The van der Waals surface area contributed by atoms with Crippen LogP contribution in [0.15, 0.2) is 54.7 Å². The van der Waals surface area contributed by atoms with Gasteiger partial charge in [0.05, 0.1) is 12.2 Å². The fourth-order valence-corrected chi connectivity index (χ4v) is 4.29. The Hall–Kier alpha value is -2.79. The summed E-state index contributed by atoms with van der Waals surface area (Å²) >= 11 is 0. The number of aromatic nitrogens is 1. The van der Waals surface area contributed by atoms with Crippen molar-refractivity contribution >= 4 is 16.8 Å². The second kappa shape index (κ2) is 9.35. The van der Waals surface area contributed by atoms with E-state index in [4.69, 9.17) is 4.74 Å². The van der Waals surface area contributed by atoms with Crippen molar-refractivity contribution in [3.05, 3.63) is 65.9 Å². The minimum atomic E-state index is -0.0783. The summed E-state index contributed by atoms with van der Waals surface area (Å²) in [5, 5.41) is 4.26. The van der Waals surface area contributed by atoms with E-state index in [0.717, 1.165) is 26.1 Å². The standard InChI is InChI=1S/C25H31N3O2/c1-18(2)27-25(29)22-9-3-4-11-24(22)30-17-19-7-6-14-28(15-19)16-20-8-5-10-23-21(20)12-13-26-23/h3-5,8-13,18-19,26H,6-7,14-17H2,1-2H3,(H,27,29). The van der Waals surface area contributed by atoms with Crippen LogP contribution in [0.5, 0.6) is 5.75 Å². The van der Waals surface area contributed by atoms with E-state index in [1.54, 1.807) is 0 Å². The van der Waals surface area contributed by atoms with E-state index in [9.17, 15) is 4.79 Å². The molecular weight excluding hydrogens is 374 g/mol. The monoisotopic (exact) mass is 405 g/mol. The number of amides is 1. The molecule has 1 aromatic heterocycles. The number of likely N-dealkylation sites (tertiary alicyclic amines) is 1. The summed E-state index contributed by atoms with van der Waals surface area (Å²) in [6, 6.07) is 16.3. The number of hydrogen-bond acceptors (Lipinski definition) is 3. The van der Waals surface area contributed by atoms with Gasteiger partial charge in [0.1, 0.15) is 5.75 Å². The molecule has 4 rings (SSSR count). The van der Waals surface area contributed by atoms with Crippen LogP contribution < -0.4 is 10.1 Å². The second-order valence-electron chi connectivity index (χ2n) is 8.53. The minimum absolute atomic E-state index is 0.0783. The van der Waals surface area contributed by atoms with Gasteiger partial charge >= 0.3 is 0 Å². The van der Waals surface area contributed by atoms with Gasteiger partial charge in [-0.1, -0.05) is 24.3 Å². The lowest BCUT2D eigenvalue weighted by molar-refractivity contribution is 0.0933. The Balaban J connectivity index is 1.37. The van der Waals surface area contributed by atoms with Crippen molar-refractivity contribution in [2.24, 2.45) is 5.92 Å². The minimum Gasteiger partial charge on any atom is -0.492 e. The number of carbonyl (C=O) groups excluding carboxylic acids is 1. The largest absolute Gasteiger partial charge is 0.492 e. The maximum absolute atomic E-state index is 12.5. The van der Waals surface area contributed by atoms with Crippen molar-refractivity contribution in [1.82, 2.24) is 15.2 Å². The van der Waals surface area contributed by atoms with Gasteiger partial charge in [-0.25, -0.2) is 0 Å². The van der Waals surface area contributed by atoms with Crippen molar-refractivity contribution in [3.63, 3.8) is 0 Å². The zero-order valence-electron chi connectivity index (χ0n) is 17.9. The maximum Gasteiger partial charge on any atom is 0.255 e. The molecule has 1 saturated heterocycles. The number of benzene rings is 2. The summed E-state index contributed by atoms with van der Waals surface area (Å²) in [6.07, 6.45) is 4.34.